The van der Waals surface area contributed by atoms with Gasteiger partial charge >= 0.3 is 5.69 Å². The van der Waals surface area contributed by atoms with Gasteiger partial charge in [0.2, 0.25) is 5.88 Å². The summed E-state index contributed by atoms with van der Waals surface area (Å²) in [7, 11) is 0. The number of carbonyl (C=O) groups excluding carboxylic acids is 1. The number of hydrogen-bond acceptors (Lipinski definition) is 4. The number of rotatable bonds is 3. The topological polar surface area (TPSA) is 104 Å². The van der Waals surface area contributed by atoms with Crippen molar-refractivity contribution in [3.63, 3.8) is 0 Å². The molecule has 1 heterocycles. The molecule has 0 spiro atoms. The van der Waals surface area contributed by atoms with Gasteiger partial charge in [-0.2, -0.15) is 0 Å². The van der Waals surface area contributed by atoms with Crippen LogP contribution in [-0.4, -0.2) is 20.6 Å². The molecule has 0 fully saturated rings. The van der Waals surface area contributed by atoms with Crippen molar-refractivity contribution in [1.82, 2.24) is 9.55 Å². The minimum Gasteiger partial charge on any atom is -0.493 e. The molecule has 0 aliphatic rings. The molecule has 7 nitrogen and oxygen atoms in total. The summed E-state index contributed by atoms with van der Waals surface area (Å²) in [5.74, 6) is -2.27. The highest BCUT2D eigenvalue weighted by Gasteiger charge is 2.22. The largest absolute Gasteiger partial charge is 0.493 e. The summed E-state index contributed by atoms with van der Waals surface area (Å²) in [4.78, 5) is 38.3. The van der Waals surface area contributed by atoms with E-state index in [1.165, 1.54) is 12.1 Å². The Kier molecular flexibility index (Phi) is 4.17. The number of aromatic amines is 1. The molecule has 0 bridgehead atoms. The van der Waals surface area contributed by atoms with Crippen LogP contribution in [-0.2, 0) is 0 Å². The van der Waals surface area contributed by atoms with Gasteiger partial charge in [0.25, 0.3) is 11.5 Å². The summed E-state index contributed by atoms with van der Waals surface area (Å²) in [6, 6.07) is 12.9. The number of nitrogens with one attached hydrogen (secondary N) is 2. The molecule has 0 atom stereocenters. The number of benzene rings is 2. The molecule has 3 rings (SSSR count). The predicted molar refractivity (Wildman–Crippen MR) is 88.7 cm³/mol. The van der Waals surface area contributed by atoms with E-state index in [1.54, 1.807) is 30.3 Å². The molecule has 2 aromatic carbocycles. The van der Waals surface area contributed by atoms with E-state index in [0.29, 0.717) is 10.3 Å². The van der Waals surface area contributed by atoms with Crippen molar-refractivity contribution in [3.8, 4) is 11.6 Å². The van der Waals surface area contributed by atoms with Gasteiger partial charge < -0.3 is 10.4 Å². The second-order valence-corrected chi connectivity index (χ2v) is 5.09. The molecule has 1 aromatic heterocycles. The Labute approximate surface area is 140 Å². The van der Waals surface area contributed by atoms with Gasteiger partial charge in [-0.05, 0) is 36.4 Å². The Balaban J connectivity index is 2.10. The molecular weight excluding hydrogens is 329 g/mol. The lowest BCUT2D eigenvalue weighted by Gasteiger charge is -2.11. The van der Waals surface area contributed by atoms with Crippen LogP contribution in [0, 0.1) is 5.82 Å². The van der Waals surface area contributed by atoms with E-state index in [-0.39, 0.29) is 5.69 Å². The van der Waals surface area contributed by atoms with E-state index in [2.05, 4.69) is 5.32 Å². The zero-order valence-corrected chi connectivity index (χ0v) is 12.7. The number of para-hydroxylation sites is 1. The van der Waals surface area contributed by atoms with Gasteiger partial charge in [-0.1, -0.05) is 18.2 Å². The SMILES string of the molecule is O=C(Nc1ccccc1)c1c(O)n(-c2ccc(F)cc2)c(=O)[nH]c1=O. The molecule has 0 saturated heterocycles. The molecule has 3 N–H and O–H groups in total. The van der Waals surface area contributed by atoms with Crippen LogP contribution in [0.2, 0.25) is 0 Å². The average molecular weight is 341 g/mol. The van der Waals surface area contributed by atoms with Crippen molar-refractivity contribution >= 4 is 11.6 Å². The molecule has 0 saturated carbocycles. The van der Waals surface area contributed by atoms with E-state index in [9.17, 15) is 23.9 Å². The zero-order chi connectivity index (χ0) is 18.0. The quantitative estimate of drug-likeness (QED) is 0.673. The average Bonchev–Trinajstić information content (AvgIpc) is 2.57. The normalized spacial score (nSPS) is 10.4. The lowest BCUT2D eigenvalue weighted by atomic mass is 10.2. The van der Waals surface area contributed by atoms with Gasteiger partial charge in [-0.15, -0.1) is 0 Å². The van der Waals surface area contributed by atoms with Crippen molar-refractivity contribution in [3.05, 3.63) is 86.8 Å². The summed E-state index contributed by atoms with van der Waals surface area (Å²) < 4.78 is 13.8. The van der Waals surface area contributed by atoms with Crippen LogP contribution in [0.25, 0.3) is 5.69 Å². The third-order valence-corrected chi connectivity index (χ3v) is 3.43. The summed E-state index contributed by atoms with van der Waals surface area (Å²) in [5, 5.41) is 12.8. The molecule has 1 amide bonds. The number of anilines is 1. The second-order valence-electron chi connectivity index (χ2n) is 5.09. The summed E-state index contributed by atoms with van der Waals surface area (Å²) in [5.41, 5.74) is -2.12. The molecule has 25 heavy (non-hydrogen) atoms. The molecule has 0 radical (unpaired) electrons. The van der Waals surface area contributed by atoms with Gasteiger partial charge in [-0.3, -0.25) is 14.6 Å². The Bertz CT molecular complexity index is 1040. The van der Waals surface area contributed by atoms with E-state index in [4.69, 9.17) is 0 Å². The van der Waals surface area contributed by atoms with Crippen LogP contribution < -0.4 is 16.6 Å². The Morgan fingerprint density at radius 3 is 2.32 bits per heavy atom. The number of aromatic nitrogens is 2. The lowest BCUT2D eigenvalue weighted by molar-refractivity contribution is 0.102. The Morgan fingerprint density at radius 1 is 1.04 bits per heavy atom. The minimum absolute atomic E-state index is 0.0916. The van der Waals surface area contributed by atoms with Gasteiger partial charge in [0.1, 0.15) is 5.82 Å². The fourth-order valence-electron chi connectivity index (χ4n) is 2.27. The van der Waals surface area contributed by atoms with Gasteiger partial charge in [0, 0.05) is 5.69 Å². The smallest absolute Gasteiger partial charge is 0.335 e. The highest BCUT2D eigenvalue weighted by molar-refractivity contribution is 6.05. The zero-order valence-electron chi connectivity index (χ0n) is 12.7. The van der Waals surface area contributed by atoms with Crippen molar-refractivity contribution in [2.24, 2.45) is 0 Å². The van der Waals surface area contributed by atoms with Crippen LogP contribution in [0.3, 0.4) is 0 Å². The summed E-state index contributed by atoms with van der Waals surface area (Å²) in [6.07, 6.45) is 0. The van der Waals surface area contributed by atoms with E-state index in [1.807, 2.05) is 4.98 Å². The van der Waals surface area contributed by atoms with Crippen molar-refractivity contribution < 1.29 is 14.3 Å². The van der Waals surface area contributed by atoms with Crippen molar-refractivity contribution in [2.75, 3.05) is 5.32 Å². The van der Waals surface area contributed by atoms with Gasteiger partial charge in [-0.25, -0.2) is 13.8 Å². The molecule has 0 unspecified atom stereocenters. The first-order valence-corrected chi connectivity index (χ1v) is 7.18. The highest BCUT2D eigenvalue weighted by atomic mass is 19.1. The number of aromatic hydroxyl groups is 1. The van der Waals surface area contributed by atoms with E-state index < -0.39 is 34.4 Å². The number of amides is 1. The van der Waals surface area contributed by atoms with Crippen molar-refractivity contribution in [2.45, 2.75) is 0 Å². The Hall–Kier alpha value is -3.68. The first-order valence-electron chi connectivity index (χ1n) is 7.18. The fourth-order valence-corrected chi connectivity index (χ4v) is 2.27. The van der Waals surface area contributed by atoms with Crippen LogP contribution in [0.4, 0.5) is 10.1 Å². The molecule has 3 aromatic rings. The van der Waals surface area contributed by atoms with E-state index in [0.717, 1.165) is 12.1 Å². The number of nitrogens with zero attached hydrogens (tertiary/aromatic N) is 1. The highest BCUT2D eigenvalue weighted by Crippen LogP contribution is 2.18. The number of H-pyrrole nitrogens is 1. The maximum absolute atomic E-state index is 13.0. The van der Waals surface area contributed by atoms with Crippen LogP contribution in [0.1, 0.15) is 10.4 Å². The third-order valence-electron chi connectivity index (χ3n) is 3.43. The third kappa shape index (κ3) is 3.18. The maximum Gasteiger partial charge on any atom is 0.335 e. The molecule has 0 aliphatic heterocycles. The second kappa shape index (κ2) is 6.44. The minimum atomic E-state index is -1.03. The van der Waals surface area contributed by atoms with Crippen molar-refractivity contribution in [1.29, 1.82) is 0 Å². The summed E-state index contributed by atoms with van der Waals surface area (Å²) >= 11 is 0. The van der Waals surface area contributed by atoms with E-state index >= 15 is 0 Å². The Morgan fingerprint density at radius 2 is 1.68 bits per heavy atom. The number of hydrogen-bond donors (Lipinski definition) is 3. The monoisotopic (exact) mass is 341 g/mol. The first-order chi connectivity index (χ1) is 12.0. The van der Waals surface area contributed by atoms with Crippen LogP contribution in [0.15, 0.2) is 64.2 Å². The van der Waals surface area contributed by atoms with Crippen LogP contribution >= 0.6 is 0 Å². The fraction of sp³-hybridized carbons (Fsp3) is 0. The standard InChI is InChI=1S/C17H12FN3O4/c18-10-6-8-12(9-7-10)21-16(24)13(15(23)20-17(21)25)14(22)19-11-4-2-1-3-5-11/h1-9,24H,(H,19,22)(H,20,23,25). The summed E-state index contributed by atoms with van der Waals surface area (Å²) in [6.45, 7) is 0. The molecule has 126 valence electrons. The lowest BCUT2D eigenvalue weighted by Crippen LogP contribution is -2.34. The first kappa shape index (κ1) is 16.2. The number of halogens is 1. The molecule has 8 heteroatoms. The predicted octanol–water partition coefficient (Wildman–Crippen LogP) is 1.62. The molecular formula is C17H12FN3O4. The van der Waals surface area contributed by atoms with Gasteiger partial charge in [0.05, 0.1) is 5.69 Å². The molecule has 0 aliphatic carbocycles. The van der Waals surface area contributed by atoms with Gasteiger partial charge in [0.15, 0.2) is 5.56 Å². The maximum atomic E-state index is 13.0. The number of carbonyl (C=O) groups is 1. The van der Waals surface area contributed by atoms with Crippen LogP contribution in [0.5, 0.6) is 5.88 Å².